The third-order valence-electron chi connectivity index (χ3n) is 4.30. The van der Waals surface area contributed by atoms with E-state index in [1.54, 1.807) is 41.0 Å². The van der Waals surface area contributed by atoms with Crippen molar-refractivity contribution in [2.24, 2.45) is 0 Å². The topological polar surface area (TPSA) is 94.6 Å². The number of hydrogen-bond acceptors (Lipinski definition) is 7. The summed E-state index contributed by atoms with van der Waals surface area (Å²) in [6.07, 6.45) is 2.45. The molecular weight excluding hydrogens is 368 g/mol. The first-order valence-electron chi connectivity index (χ1n) is 9.01. The minimum atomic E-state index is -0.615. The highest BCUT2D eigenvalue weighted by Gasteiger charge is 2.25. The van der Waals surface area contributed by atoms with Gasteiger partial charge in [0.15, 0.2) is 18.1 Å². The Morgan fingerprint density at radius 1 is 1.04 bits per heavy atom. The van der Waals surface area contributed by atoms with E-state index in [4.69, 9.17) is 18.9 Å². The summed E-state index contributed by atoms with van der Waals surface area (Å²) in [6.45, 7) is 3.43. The number of esters is 1. The van der Waals surface area contributed by atoms with E-state index < -0.39 is 5.97 Å². The van der Waals surface area contributed by atoms with Gasteiger partial charge in [-0.2, -0.15) is 0 Å². The normalized spacial score (nSPS) is 15.6. The molecule has 0 aromatic heterocycles. The van der Waals surface area contributed by atoms with Gasteiger partial charge in [0.1, 0.15) is 0 Å². The molecule has 28 heavy (non-hydrogen) atoms. The quantitative estimate of drug-likeness (QED) is 0.552. The first-order chi connectivity index (χ1) is 13.6. The van der Waals surface area contributed by atoms with Gasteiger partial charge in [0.2, 0.25) is 6.79 Å². The number of carbonyl (C=O) groups is 3. The zero-order chi connectivity index (χ0) is 19.9. The summed E-state index contributed by atoms with van der Waals surface area (Å²) < 4.78 is 20.4. The van der Waals surface area contributed by atoms with E-state index in [0.717, 1.165) is 5.56 Å². The number of nitrogens with zero attached hydrogens (tertiary/aromatic N) is 2. The van der Waals surface area contributed by atoms with Crippen molar-refractivity contribution in [1.82, 2.24) is 9.80 Å². The van der Waals surface area contributed by atoms with Crippen molar-refractivity contribution in [2.45, 2.75) is 6.92 Å². The summed E-state index contributed by atoms with van der Waals surface area (Å²) in [4.78, 5) is 38.8. The monoisotopic (exact) mass is 390 g/mol. The lowest BCUT2D eigenvalue weighted by atomic mass is 10.2. The van der Waals surface area contributed by atoms with Gasteiger partial charge in [0.25, 0.3) is 5.91 Å². The van der Waals surface area contributed by atoms with Gasteiger partial charge in [0.05, 0.1) is 6.61 Å². The minimum absolute atomic E-state index is 0.181. The van der Waals surface area contributed by atoms with Crippen molar-refractivity contribution in [3.63, 3.8) is 0 Å². The van der Waals surface area contributed by atoms with Crippen LogP contribution in [0.3, 0.4) is 0 Å². The van der Waals surface area contributed by atoms with Gasteiger partial charge >= 0.3 is 12.1 Å². The first kappa shape index (κ1) is 19.5. The molecule has 0 bridgehead atoms. The van der Waals surface area contributed by atoms with Crippen LogP contribution in [0.5, 0.6) is 11.5 Å². The van der Waals surface area contributed by atoms with Crippen LogP contribution in [0.25, 0.3) is 6.08 Å². The summed E-state index contributed by atoms with van der Waals surface area (Å²) in [5.74, 6) is 0.366. The number of fused-ring (bicyclic) bond motifs is 1. The summed E-state index contributed by atoms with van der Waals surface area (Å²) >= 11 is 0. The molecule has 1 aromatic rings. The number of benzene rings is 1. The fourth-order valence-corrected chi connectivity index (χ4v) is 2.81. The van der Waals surface area contributed by atoms with Crippen LogP contribution < -0.4 is 9.47 Å². The van der Waals surface area contributed by atoms with Crippen LogP contribution in [-0.4, -0.2) is 74.0 Å². The van der Waals surface area contributed by atoms with E-state index in [1.165, 1.54) is 6.08 Å². The molecule has 0 N–H and O–H groups in total. The highest BCUT2D eigenvalue weighted by atomic mass is 16.7. The highest BCUT2D eigenvalue weighted by molar-refractivity contribution is 5.89. The van der Waals surface area contributed by atoms with Crippen molar-refractivity contribution in [3.05, 3.63) is 29.8 Å². The maximum atomic E-state index is 12.2. The number of ether oxygens (including phenoxy) is 4. The van der Waals surface area contributed by atoms with E-state index in [-0.39, 0.29) is 25.4 Å². The Hall–Kier alpha value is -3.23. The summed E-state index contributed by atoms with van der Waals surface area (Å²) in [5.41, 5.74) is 0.752. The molecule has 0 unspecified atom stereocenters. The van der Waals surface area contributed by atoms with E-state index in [0.29, 0.717) is 44.3 Å². The van der Waals surface area contributed by atoms with E-state index in [1.807, 2.05) is 0 Å². The van der Waals surface area contributed by atoms with Crippen molar-refractivity contribution < 1.29 is 33.3 Å². The van der Waals surface area contributed by atoms with Crippen molar-refractivity contribution in [3.8, 4) is 11.5 Å². The molecule has 150 valence electrons. The lowest BCUT2D eigenvalue weighted by molar-refractivity contribution is -0.148. The molecular formula is C19H22N2O7. The molecule has 1 saturated heterocycles. The maximum absolute atomic E-state index is 12.2. The summed E-state index contributed by atoms with van der Waals surface area (Å²) in [5, 5.41) is 0. The van der Waals surface area contributed by atoms with Crippen molar-refractivity contribution >= 4 is 24.0 Å². The molecule has 1 aromatic carbocycles. The summed E-state index contributed by atoms with van der Waals surface area (Å²) in [7, 11) is 0. The molecule has 3 rings (SSSR count). The van der Waals surface area contributed by atoms with Gasteiger partial charge < -0.3 is 28.7 Å². The Labute approximate surface area is 162 Å². The van der Waals surface area contributed by atoms with Gasteiger partial charge in [-0.25, -0.2) is 9.59 Å². The molecule has 1 fully saturated rings. The Bertz CT molecular complexity index is 770. The van der Waals surface area contributed by atoms with Crippen LogP contribution in [0, 0.1) is 0 Å². The van der Waals surface area contributed by atoms with Gasteiger partial charge in [-0.1, -0.05) is 6.07 Å². The Morgan fingerprint density at radius 2 is 1.75 bits per heavy atom. The Kier molecular flexibility index (Phi) is 6.36. The molecule has 2 aliphatic rings. The lowest BCUT2D eigenvalue weighted by Gasteiger charge is -2.33. The van der Waals surface area contributed by atoms with Crippen LogP contribution >= 0.6 is 0 Å². The predicted molar refractivity (Wildman–Crippen MR) is 97.7 cm³/mol. The molecule has 0 radical (unpaired) electrons. The fraction of sp³-hybridized carbons (Fsp3) is 0.421. The number of rotatable bonds is 5. The molecule has 0 spiro atoms. The Balaban J connectivity index is 1.41. The number of hydrogen-bond donors (Lipinski definition) is 0. The average Bonchev–Trinajstić information content (AvgIpc) is 3.18. The molecule has 0 atom stereocenters. The molecule has 0 saturated carbocycles. The van der Waals surface area contributed by atoms with E-state index >= 15 is 0 Å². The van der Waals surface area contributed by atoms with Crippen LogP contribution in [0.1, 0.15) is 12.5 Å². The number of carbonyl (C=O) groups excluding carboxylic acids is 3. The molecule has 2 heterocycles. The molecule has 2 amide bonds. The second-order valence-electron chi connectivity index (χ2n) is 6.12. The number of piperazine rings is 1. The van der Waals surface area contributed by atoms with E-state index in [9.17, 15) is 14.4 Å². The SMILES string of the molecule is CCOC(=O)N1CCN(C(=O)COC(=O)/C=C/c2ccc3c(c2)OCO3)CC1. The molecule has 0 aliphatic carbocycles. The fourth-order valence-electron chi connectivity index (χ4n) is 2.81. The van der Waals surface area contributed by atoms with Crippen molar-refractivity contribution in [2.75, 3.05) is 46.2 Å². The van der Waals surface area contributed by atoms with Crippen molar-refractivity contribution in [1.29, 1.82) is 0 Å². The van der Waals surface area contributed by atoms with Gasteiger partial charge in [-0.05, 0) is 30.7 Å². The molecule has 9 heteroatoms. The Morgan fingerprint density at radius 3 is 2.50 bits per heavy atom. The van der Waals surface area contributed by atoms with Gasteiger partial charge in [0, 0.05) is 32.3 Å². The van der Waals surface area contributed by atoms with E-state index in [2.05, 4.69) is 0 Å². The molecule has 2 aliphatic heterocycles. The highest BCUT2D eigenvalue weighted by Crippen LogP contribution is 2.32. The second-order valence-corrected chi connectivity index (χ2v) is 6.12. The standard InChI is InChI=1S/C19H22N2O7/c1-2-25-19(24)21-9-7-20(8-10-21)17(22)12-26-18(23)6-4-14-3-5-15-16(11-14)28-13-27-15/h3-6,11H,2,7-10,12-13H2,1H3/b6-4+. The largest absolute Gasteiger partial charge is 0.454 e. The van der Waals surface area contributed by atoms with Crippen LogP contribution in [-0.2, 0) is 19.1 Å². The first-order valence-corrected chi connectivity index (χ1v) is 9.01. The second kappa shape index (κ2) is 9.12. The van der Waals surface area contributed by atoms with Gasteiger partial charge in [-0.15, -0.1) is 0 Å². The smallest absolute Gasteiger partial charge is 0.409 e. The van der Waals surface area contributed by atoms with Crippen LogP contribution in [0.2, 0.25) is 0 Å². The average molecular weight is 390 g/mol. The minimum Gasteiger partial charge on any atom is -0.454 e. The third-order valence-corrected chi connectivity index (χ3v) is 4.30. The zero-order valence-corrected chi connectivity index (χ0v) is 15.6. The predicted octanol–water partition coefficient (Wildman–Crippen LogP) is 1.27. The summed E-state index contributed by atoms with van der Waals surface area (Å²) in [6, 6.07) is 5.29. The van der Waals surface area contributed by atoms with Crippen LogP contribution in [0.15, 0.2) is 24.3 Å². The third kappa shape index (κ3) is 4.93. The van der Waals surface area contributed by atoms with Crippen LogP contribution in [0.4, 0.5) is 4.79 Å². The van der Waals surface area contributed by atoms with Gasteiger partial charge in [-0.3, -0.25) is 4.79 Å². The maximum Gasteiger partial charge on any atom is 0.409 e. The molecule has 9 nitrogen and oxygen atoms in total. The number of amides is 2. The zero-order valence-electron chi connectivity index (χ0n) is 15.6. The lowest BCUT2D eigenvalue weighted by Crippen LogP contribution is -2.51.